The molecule has 0 amide bonds. The Labute approximate surface area is 199 Å². The van der Waals surface area contributed by atoms with Crippen molar-refractivity contribution in [1.82, 2.24) is 24.3 Å². The number of rotatable bonds is 3. The van der Waals surface area contributed by atoms with E-state index in [-0.39, 0.29) is 17.7 Å². The number of benzene rings is 1. The minimum Gasteiger partial charge on any atom is -0.369 e. The van der Waals surface area contributed by atoms with Gasteiger partial charge in [0.15, 0.2) is 0 Å². The first kappa shape index (κ1) is 22.3. The van der Waals surface area contributed by atoms with Gasteiger partial charge in [-0.25, -0.2) is 9.97 Å². The molecule has 0 N–H and O–H groups in total. The summed E-state index contributed by atoms with van der Waals surface area (Å²) in [5.74, 6) is 1.47. The minimum absolute atomic E-state index is 0.0835. The fourth-order valence-electron chi connectivity index (χ4n) is 4.69. The van der Waals surface area contributed by atoms with Crippen LogP contribution in [-0.2, 0) is 18.8 Å². The number of ether oxygens (including phenoxy) is 1. The van der Waals surface area contributed by atoms with Crippen LogP contribution in [0.25, 0.3) is 22.2 Å². The molecule has 0 radical (unpaired) electrons. The Hall–Kier alpha value is -3.46. The third kappa shape index (κ3) is 3.79. The molecule has 2 atom stereocenters. The molecule has 4 aromatic rings. The Kier molecular flexibility index (Phi) is 5.52. The normalized spacial score (nSPS) is 18.6. The van der Waals surface area contributed by atoms with Gasteiger partial charge in [-0.2, -0.15) is 5.10 Å². The van der Waals surface area contributed by atoms with Gasteiger partial charge >= 0.3 is 0 Å². The molecule has 8 nitrogen and oxygen atoms in total. The molecule has 1 aliphatic rings. The average molecular weight is 456 g/mol. The van der Waals surface area contributed by atoms with E-state index in [9.17, 15) is 4.79 Å². The fraction of sp³-hybridized carbons (Fsp3) is 0.360. The summed E-state index contributed by atoms with van der Waals surface area (Å²) in [5, 5.41) is 4.85. The SMILES string of the molecule is Bc1cc(C)ccc1-c1nc(N2C[C@@H](c3cnn(C)c3)OC[C@H]2C)cc2nc(C)n(C)c(=O)c12. The van der Waals surface area contributed by atoms with E-state index in [1.54, 1.807) is 16.3 Å². The number of anilines is 1. The third-order valence-electron chi connectivity index (χ3n) is 6.73. The van der Waals surface area contributed by atoms with Gasteiger partial charge in [0.2, 0.25) is 0 Å². The van der Waals surface area contributed by atoms with Crippen LogP contribution < -0.4 is 15.9 Å². The number of hydrogen-bond donors (Lipinski definition) is 0. The molecule has 4 heterocycles. The van der Waals surface area contributed by atoms with Crippen molar-refractivity contribution >= 4 is 30.0 Å². The molecule has 1 fully saturated rings. The molecule has 0 unspecified atom stereocenters. The average Bonchev–Trinajstić information content (AvgIpc) is 3.23. The maximum Gasteiger partial charge on any atom is 0.263 e. The monoisotopic (exact) mass is 456 g/mol. The first-order valence-electron chi connectivity index (χ1n) is 11.6. The van der Waals surface area contributed by atoms with Gasteiger partial charge in [0.1, 0.15) is 25.6 Å². The predicted octanol–water partition coefficient (Wildman–Crippen LogP) is 1.57. The van der Waals surface area contributed by atoms with Crippen LogP contribution in [0.15, 0.2) is 41.5 Å². The van der Waals surface area contributed by atoms with E-state index in [2.05, 4.69) is 49.9 Å². The minimum atomic E-state index is -0.106. The van der Waals surface area contributed by atoms with E-state index >= 15 is 0 Å². The van der Waals surface area contributed by atoms with Crippen LogP contribution in [-0.4, -0.2) is 51.4 Å². The van der Waals surface area contributed by atoms with Gasteiger partial charge in [0, 0.05) is 31.9 Å². The zero-order valence-electron chi connectivity index (χ0n) is 20.5. The quantitative estimate of drug-likeness (QED) is 0.436. The van der Waals surface area contributed by atoms with Crippen molar-refractivity contribution in [3.05, 3.63) is 64.0 Å². The second kappa shape index (κ2) is 8.40. The summed E-state index contributed by atoms with van der Waals surface area (Å²) >= 11 is 0. The number of fused-ring (bicyclic) bond motifs is 1. The van der Waals surface area contributed by atoms with E-state index in [1.807, 2.05) is 32.4 Å². The van der Waals surface area contributed by atoms with E-state index in [0.29, 0.717) is 35.6 Å². The fourth-order valence-corrected chi connectivity index (χ4v) is 4.69. The van der Waals surface area contributed by atoms with Crippen LogP contribution in [0.5, 0.6) is 0 Å². The number of aromatic nitrogens is 5. The lowest BCUT2D eigenvalue weighted by Crippen LogP contribution is -2.45. The first-order chi connectivity index (χ1) is 16.2. The van der Waals surface area contributed by atoms with Crippen molar-refractivity contribution in [1.29, 1.82) is 0 Å². The van der Waals surface area contributed by atoms with Crippen LogP contribution in [0.2, 0.25) is 0 Å². The molecule has 5 rings (SSSR count). The molecule has 1 aromatic carbocycles. The second-order valence-electron chi connectivity index (χ2n) is 9.34. The summed E-state index contributed by atoms with van der Waals surface area (Å²) < 4.78 is 9.52. The van der Waals surface area contributed by atoms with Gasteiger partial charge in [-0.05, 0) is 26.3 Å². The Balaban J connectivity index is 1.70. The summed E-state index contributed by atoms with van der Waals surface area (Å²) in [6, 6.07) is 8.30. The number of pyridine rings is 1. The molecule has 34 heavy (non-hydrogen) atoms. The van der Waals surface area contributed by atoms with Gasteiger partial charge in [-0.15, -0.1) is 0 Å². The zero-order chi connectivity index (χ0) is 24.1. The van der Waals surface area contributed by atoms with Crippen molar-refractivity contribution < 1.29 is 4.74 Å². The lowest BCUT2D eigenvalue weighted by Gasteiger charge is -2.38. The van der Waals surface area contributed by atoms with E-state index < -0.39 is 0 Å². The van der Waals surface area contributed by atoms with Crippen LogP contribution in [0.3, 0.4) is 0 Å². The summed E-state index contributed by atoms with van der Waals surface area (Å²) in [7, 11) is 5.72. The Morgan fingerprint density at radius 3 is 2.65 bits per heavy atom. The van der Waals surface area contributed by atoms with Gasteiger partial charge < -0.3 is 9.64 Å². The lowest BCUT2D eigenvalue weighted by molar-refractivity contribution is 0.0212. The molecule has 1 saturated heterocycles. The first-order valence-corrected chi connectivity index (χ1v) is 11.6. The predicted molar refractivity (Wildman–Crippen MR) is 137 cm³/mol. The molecular formula is C25H29BN6O2. The Morgan fingerprint density at radius 2 is 1.94 bits per heavy atom. The molecule has 0 aliphatic carbocycles. The van der Waals surface area contributed by atoms with Crippen molar-refractivity contribution in [2.45, 2.75) is 32.9 Å². The Bertz CT molecular complexity index is 1460. The largest absolute Gasteiger partial charge is 0.369 e. The summed E-state index contributed by atoms with van der Waals surface area (Å²) in [6.45, 7) is 7.26. The zero-order valence-corrected chi connectivity index (χ0v) is 20.5. The topological polar surface area (TPSA) is 78.1 Å². The van der Waals surface area contributed by atoms with Gasteiger partial charge in [0.05, 0.1) is 42.0 Å². The number of hydrogen-bond acceptors (Lipinski definition) is 6. The molecule has 0 bridgehead atoms. The molecule has 1 aliphatic heterocycles. The van der Waals surface area contributed by atoms with E-state index in [4.69, 9.17) is 14.7 Å². The van der Waals surface area contributed by atoms with Crippen molar-refractivity contribution in [3.8, 4) is 11.3 Å². The molecule has 9 heteroatoms. The van der Waals surface area contributed by atoms with Gasteiger partial charge in [-0.3, -0.25) is 14.0 Å². The van der Waals surface area contributed by atoms with Crippen molar-refractivity contribution in [2.24, 2.45) is 14.1 Å². The third-order valence-corrected chi connectivity index (χ3v) is 6.73. The smallest absolute Gasteiger partial charge is 0.263 e. The van der Waals surface area contributed by atoms with Crippen molar-refractivity contribution in [2.75, 3.05) is 18.1 Å². The maximum atomic E-state index is 13.4. The molecule has 174 valence electrons. The summed E-state index contributed by atoms with van der Waals surface area (Å²) in [5.41, 5.74) is 5.50. The number of nitrogens with zero attached hydrogens (tertiary/aromatic N) is 6. The highest BCUT2D eigenvalue weighted by molar-refractivity contribution is 6.36. The van der Waals surface area contributed by atoms with Crippen LogP contribution in [0.1, 0.15) is 30.0 Å². The highest BCUT2D eigenvalue weighted by Gasteiger charge is 2.30. The number of morpholine rings is 1. The maximum absolute atomic E-state index is 13.4. The van der Waals surface area contributed by atoms with Crippen LogP contribution >= 0.6 is 0 Å². The number of aryl methyl sites for hydroxylation is 3. The Morgan fingerprint density at radius 1 is 1.15 bits per heavy atom. The lowest BCUT2D eigenvalue weighted by atomic mass is 9.87. The molecule has 0 saturated carbocycles. The molecular weight excluding hydrogens is 427 g/mol. The van der Waals surface area contributed by atoms with E-state index in [0.717, 1.165) is 22.4 Å². The van der Waals surface area contributed by atoms with Crippen LogP contribution in [0, 0.1) is 13.8 Å². The summed E-state index contributed by atoms with van der Waals surface area (Å²) in [6.07, 6.45) is 3.73. The van der Waals surface area contributed by atoms with Gasteiger partial charge in [-0.1, -0.05) is 29.2 Å². The molecule has 3 aromatic heterocycles. The summed E-state index contributed by atoms with van der Waals surface area (Å²) in [4.78, 5) is 25.5. The van der Waals surface area contributed by atoms with E-state index in [1.165, 1.54) is 5.56 Å². The second-order valence-corrected chi connectivity index (χ2v) is 9.34. The highest BCUT2D eigenvalue weighted by atomic mass is 16.5. The van der Waals surface area contributed by atoms with Gasteiger partial charge in [0.25, 0.3) is 5.56 Å². The standard InChI is InChI=1S/C25H29BN6O2/c1-14-6-7-18(19(26)8-14)24-23-20(28-16(3)31(5)25(23)33)9-22(29-24)32-12-21(34-13-15(32)2)17-10-27-30(4)11-17/h6-11,15,21H,12-13,26H2,1-5H3/t15-,21+/m1/s1. The molecule has 0 spiro atoms. The highest BCUT2D eigenvalue weighted by Crippen LogP contribution is 2.32. The van der Waals surface area contributed by atoms with Crippen molar-refractivity contribution in [3.63, 3.8) is 0 Å². The van der Waals surface area contributed by atoms with Crippen LogP contribution in [0.4, 0.5) is 5.82 Å².